The maximum absolute atomic E-state index is 13.6. The largest absolute Gasteiger partial charge is 0.435 e. The van der Waals surface area contributed by atoms with E-state index in [1.54, 1.807) is 0 Å². The third kappa shape index (κ3) is 4.08. The number of hydrogen-bond acceptors (Lipinski definition) is 3. The number of hydrogen-bond donors (Lipinski definition) is 1. The van der Waals surface area contributed by atoms with Crippen molar-refractivity contribution in [3.63, 3.8) is 0 Å². The predicted molar refractivity (Wildman–Crippen MR) is 125 cm³/mol. The van der Waals surface area contributed by atoms with Crippen LogP contribution in [0.15, 0.2) is 12.3 Å². The first-order chi connectivity index (χ1) is 16.5. The smallest absolute Gasteiger partial charge is 0.390 e. The molecule has 194 valence electrons. The van der Waals surface area contributed by atoms with E-state index in [1.807, 2.05) is 6.92 Å². The molecule has 9 atom stereocenters. The summed E-state index contributed by atoms with van der Waals surface area (Å²) in [5.74, 6) is 4.54. The second-order valence-corrected chi connectivity index (χ2v) is 13.3. The van der Waals surface area contributed by atoms with Gasteiger partial charge in [-0.3, -0.25) is 9.48 Å². The van der Waals surface area contributed by atoms with Crippen molar-refractivity contribution in [2.75, 3.05) is 0 Å². The van der Waals surface area contributed by atoms with Gasteiger partial charge in [0.1, 0.15) is 0 Å². The molecule has 1 aromatic heterocycles. The summed E-state index contributed by atoms with van der Waals surface area (Å²) in [6, 6.07) is 0.963. The standard InChI is InChI=1S/C28H39F3N2O2/c1-26(35)10-7-18-17(14-26)5-6-20-19(18)8-11-27(2)22(13-21(25(20)27)16-3-4-16)23(34)15-33-12-9-24(32-33)28(29,30)31/h9,12,16-22,25,35H,3-8,10-11,13-15H2,1-2H3/t17-,18+,19-,20-,21+,22-,25-,26-,27-/m1/s1. The van der Waals surface area contributed by atoms with Crippen molar-refractivity contribution in [1.82, 2.24) is 9.78 Å². The lowest BCUT2D eigenvalue weighted by Gasteiger charge is -2.57. The average molecular weight is 493 g/mol. The molecule has 0 saturated heterocycles. The fourth-order valence-corrected chi connectivity index (χ4v) is 9.64. The first-order valence-corrected chi connectivity index (χ1v) is 13.8. The van der Waals surface area contributed by atoms with Crippen molar-refractivity contribution in [3.8, 4) is 0 Å². The van der Waals surface area contributed by atoms with Crippen LogP contribution in [0.5, 0.6) is 0 Å². The highest BCUT2D eigenvalue weighted by atomic mass is 19.4. The second kappa shape index (κ2) is 8.06. The Labute approximate surface area is 206 Å². The van der Waals surface area contributed by atoms with Crippen LogP contribution in [0.4, 0.5) is 13.2 Å². The Balaban J connectivity index is 1.23. The fraction of sp³-hybridized carbons (Fsp3) is 0.857. The van der Waals surface area contributed by atoms with Crippen LogP contribution in [0.1, 0.15) is 83.7 Å². The molecule has 0 aliphatic heterocycles. The van der Waals surface area contributed by atoms with E-state index in [-0.39, 0.29) is 23.7 Å². The average Bonchev–Trinajstić information content (AvgIpc) is 3.41. The monoisotopic (exact) mass is 492 g/mol. The van der Waals surface area contributed by atoms with Gasteiger partial charge in [-0.25, -0.2) is 0 Å². The van der Waals surface area contributed by atoms with Gasteiger partial charge in [0, 0.05) is 12.1 Å². The normalized spacial score (nSPS) is 45.5. The van der Waals surface area contributed by atoms with Crippen LogP contribution in [-0.2, 0) is 17.5 Å². The van der Waals surface area contributed by atoms with Crippen LogP contribution in [0.2, 0.25) is 0 Å². The number of aromatic nitrogens is 2. The Morgan fingerprint density at radius 2 is 1.74 bits per heavy atom. The van der Waals surface area contributed by atoms with E-state index in [1.165, 1.54) is 36.6 Å². The molecule has 4 nitrogen and oxygen atoms in total. The third-order valence-corrected chi connectivity index (χ3v) is 11.2. The van der Waals surface area contributed by atoms with Gasteiger partial charge in [-0.15, -0.1) is 0 Å². The summed E-state index contributed by atoms with van der Waals surface area (Å²) in [4.78, 5) is 13.6. The number of alkyl halides is 3. The molecule has 5 saturated carbocycles. The molecule has 0 amide bonds. The van der Waals surface area contributed by atoms with Crippen LogP contribution in [0.3, 0.4) is 0 Å². The molecule has 0 bridgehead atoms. The fourth-order valence-electron chi connectivity index (χ4n) is 9.64. The van der Waals surface area contributed by atoms with E-state index in [4.69, 9.17) is 0 Å². The summed E-state index contributed by atoms with van der Waals surface area (Å²) in [5, 5.41) is 14.3. The SMILES string of the molecule is C[C@@]1(O)CC[C@H]2[C@H](CC[C@@H]3[C@@H]2CC[C@@]2(C)[C@H]3[C@H](C3CC3)C[C@@H]2C(=O)Cn2ccc(C(F)(F)F)n2)C1. The van der Waals surface area contributed by atoms with Crippen molar-refractivity contribution >= 4 is 5.78 Å². The lowest BCUT2D eigenvalue weighted by Crippen LogP contribution is -2.52. The minimum Gasteiger partial charge on any atom is -0.390 e. The Morgan fingerprint density at radius 1 is 1.03 bits per heavy atom. The number of nitrogens with zero attached hydrogens (tertiary/aromatic N) is 2. The van der Waals surface area contributed by atoms with Gasteiger partial charge in [0.15, 0.2) is 11.5 Å². The van der Waals surface area contributed by atoms with Crippen LogP contribution in [0, 0.1) is 52.8 Å². The summed E-state index contributed by atoms with van der Waals surface area (Å²) < 4.78 is 40.2. The Hall–Kier alpha value is -1.37. The Morgan fingerprint density at radius 3 is 2.43 bits per heavy atom. The van der Waals surface area contributed by atoms with Gasteiger partial charge in [0.2, 0.25) is 0 Å². The Bertz CT molecular complexity index is 983. The summed E-state index contributed by atoms with van der Waals surface area (Å²) in [5.41, 5.74) is -1.50. The highest BCUT2D eigenvalue weighted by molar-refractivity contribution is 5.82. The quantitative estimate of drug-likeness (QED) is 0.550. The molecule has 5 fully saturated rings. The molecule has 5 aliphatic rings. The molecule has 6 rings (SSSR count). The van der Waals surface area contributed by atoms with E-state index in [9.17, 15) is 23.1 Å². The zero-order chi connectivity index (χ0) is 24.8. The lowest BCUT2D eigenvalue weighted by atomic mass is 9.48. The number of ketones is 1. The first-order valence-electron chi connectivity index (χ1n) is 13.8. The molecular weight excluding hydrogens is 453 g/mol. The van der Waals surface area contributed by atoms with Gasteiger partial charge in [-0.1, -0.05) is 6.92 Å². The van der Waals surface area contributed by atoms with Crippen LogP contribution >= 0.6 is 0 Å². The van der Waals surface area contributed by atoms with E-state index in [0.29, 0.717) is 35.5 Å². The molecule has 5 aliphatic carbocycles. The van der Waals surface area contributed by atoms with Gasteiger partial charge >= 0.3 is 6.18 Å². The molecule has 0 aromatic carbocycles. The van der Waals surface area contributed by atoms with Gasteiger partial charge in [0.05, 0.1) is 12.1 Å². The van der Waals surface area contributed by atoms with Gasteiger partial charge in [-0.2, -0.15) is 18.3 Å². The maximum Gasteiger partial charge on any atom is 0.435 e. The van der Waals surface area contributed by atoms with Crippen LogP contribution < -0.4 is 0 Å². The zero-order valence-electron chi connectivity index (χ0n) is 20.9. The Kier molecular flexibility index (Phi) is 5.53. The van der Waals surface area contributed by atoms with Crippen molar-refractivity contribution in [2.24, 2.45) is 52.8 Å². The van der Waals surface area contributed by atoms with Crippen molar-refractivity contribution in [1.29, 1.82) is 0 Å². The number of halogens is 3. The highest BCUT2D eigenvalue weighted by Gasteiger charge is 2.63. The molecular formula is C28H39F3N2O2. The van der Waals surface area contributed by atoms with E-state index in [2.05, 4.69) is 12.0 Å². The van der Waals surface area contributed by atoms with Gasteiger partial charge in [0.25, 0.3) is 0 Å². The predicted octanol–water partition coefficient (Wildman–Crippen LogP) is 6.13. The molecule has 0 spiro atoms. The third-order valence-electron chi connectivity index (χ3n) is 11.2. The summed E-state index contributed by atoms with van der Waals surface area (Å²) in [7, 11) is 0. The van der Waals surface area contributed by atoms with Crippen molar-refractivity contribution < 1.29 is 23.1 Å². The van der Waals surface area contributed by atoms with Gasteiger partial charge in [-0.05, 0) is 124 Å². The maximum atomic E-state index is 13.6. The molecule has 1 heterocycles. The number of aliphatic hydroxyl groups is 1. The molecule has 1 aromatic rings. The topological polar surface area (TPSA) is 55.1 Å². The van der Waals surface area contributed by atoms with Crippen LogP contribution in [-0.4, -0.2) is 26.3 Å². The highest BCUT2D eigenvalue weighted by Crippen LogP contribution is 2.69. The van der Waals surface area contributed by atoms with Crippen molar-refractivity contribution in [3.05, 3.63) is 18.0 Å². The van der Waals surface area contributed by atoms with Crippen LogP contribution in [0.25, 0.3) is 0 Å². The first kappa shape index (κ1) is 24.0. The molecule has 0 unspecified atom stereocenters. The summed E-state index contributed by atoms with van der Waals surface area (Å²) in [6.45, 7) is 4.27. The molecule has 1 N–H and O–H groups in total. The second-order valence-electron chi connectivity index (χ2n) is 13.3. The summed E-state index contributed by atoms with van der Waals surface area (Å²) in [6.07, 6.45) is 7.80. The number of carbonyl (C=O) groups excluding carboxylic acids is 1. The number of fused-ring (bicyclic) bond motifs is 5. The van der Waals surface area contributed by atoms with E-state index >= 15 is 0 Å². The zero-order valence-corrected chi connectivity index (χ0v) is 20.9. The minimum absolute atomic E-state index is 0.0570. The number of Topliss-reactive ketones (excluding diaryl/α,β-unsaturated/α-hetero) is 1. The number of rotatable bonds is 4. The number of carbonyl (C=O) groups is 1. The molecule has 7 heteroatoms. The molecule has 35 heavy (non-hydrogen) atoms. The lowest BCUT2D eigenvalue weighted by molar-refractivity contribution is -0.142. The van der Waals surface area contributed by atoms with Gasteiger partial charge < -0.3 is 5.11 Å². The van der Waals surface area contributed by atoms with E-state index < -0.39 is 17.5 Å². The van der Waals surface area contributed by atoms with Crippen molar-refractivity contribution in [2.45, 2.75) is 96.4 Å². The minimum atomic E-state index is -4.49. The summed E-state index contributed by atoms with van der Waals surface area (Å²) >= 11 is 0. The van der Waals surface area contributed by atoms with E-state index in [0.717, 1.165) is 50.5 Å². The molecule has 0 radical (unpaired) electrons.